The molecular formula is C10H11ClN4OS. The lowest BCUT2D eigenvalue weighted by molar-refractivity contribution is -0.118. The second-order valence-corrected chi connectivity index (χ2v) is 4.71. The van der Waals surface area contributed by atoms with Crippen LogP contribution in [0, 0.1) is 0 Å². The number of nitrogens with zero attached hydrogens (tertiary/aromatic N) is 2. The minimum atomic E-state index is -0.298. The van der Waals surface area contributed by atoms with E-state index in [9.17, 15) is 4.79 Å². The Bertz CT molecular complexity index is 542. The van der Waals surface area contributed by atoms with Gasteiger partial charge in [0.2, 0.25) is 11.2 Å². The van der Waals surface area contributed by atoms with Gasteiger partial charge in [-0.3, -0.25) is 4.79 Å². The second kappa shape index (κ2) is 5.29. The summed E-state index contributed by atoms with van der Waals surface area (Å²) in [5.74, 6) is 0.402. The molecule has 17 heavy (non-hydrogen) atoms. The number of carbonyl (C=O) groups excluding carboxylic acids is 1. The number of aromatic nitrogens is 2. The summed E-state index contributed by atoms with van der Waals surface area (Å²) in [5, 5.41) is 6.23. The van der Waals surface area contributed by atoms with E-state index in [0.29, 0.717) is 25.2 Å². The molecule has 0 saturated carbocycles. The molecule has 0 radical (unpaired) electrons. The van der Waals surface area contributed by atoms with E-state index in [2.05, 4.69) is 15.3 Å². The maximum Gasteiger partial charge on any atom is 0.225 e. The molecular weight excluding hydrogens is 260 g/mol. The van der Waals surface area contributed by atoms with Crippen molar-refractivity contribution in [3.63, 3.8) is 0 Å². The molecule has 0 aromatic carbocycles. The fourth-order valence-electron chi connectivity index (χ4n) is 1.43. The molecule has 5 nitrogen and oxygen atoms in total. The average molecular weight is 271 g/mol. The Hall–Kier alpha value is -1.40. The van der Waals surface area contributed by atoms with Gasteiger partial charge >= 0.3 is 0 Å². The van der Waals surface area contributed by atoms with Crippen molar-refractivity contribution in [3.8, 4) is 0 Å². The predicted octanol–water partition coefficient (Wildman–Crippen LogP) is 2.02. The van der Waals surface area contributed by atoms with Gasteiger partial charge in [0.1, 0.15) is 10.6 Å². The summed E-state index contributed by atoms with van der Waals surface area (Å²) < 4.78 is 0. The minimum Gasteiger partial charge on any atom is -0.370 e. The molecule has 1 amide bonds. The normalized spacial score (nSPS) is 10.6. The highest BCUT2D eigenvalue weighted by Crippen LogP contribution is 2.26. The molecule has 2 heterocycles. The van der Waals surface area contributed by atoms with Gasteiger partial charge in [-0.25, -0.2) is 9.97 Å². The van der Waals surface area contributed by atoms with E-state index in [4.69, 9.17) is 17.3 Å². The molecule has 0 fully saturated rings. The van der Waals surface area contributed by atoms with Crippen molar-refractivity contribution < 1.29 is 4.79 Å². The highest BCUT2D eigenvalue weighted by molar-refractivity contribution is 7.16. The van der Waals surface area contributed by atoms with Crippen molar-refractivity contribution in [1.82, 2.24) is 9.97 Å². The SMILES string of the molecule is NC(=O)CCCNc1nc(Cl)nc2sccc12. The largest absolute Gasteiger partial charge is 0.370 e. The van der Waals surface area contributed by atoms with Crippen LogP contribution in [0.3, 0.4) is 0 Å². The number of carbonyl (C=O) groups is 1. The molecule has 0 aliphatic heterocycles. The number of amides is 1. The van der Waals surface area contributed by atoms with Gasteiger partial charge in [-0.05, 0) is 29.5 Å². The number of primary amides is 1. The Balaban J connectivity index is 2.07. The quantitative estimate of drug-likeness (QED) is 0.643. The van der Waals surface area contributed by atoms with E-state index in [1.54, 1.807) is 0 Å². The molecule has 2 rings (SSSR count). The van der Waals surface area contributed by atoms with E-state index < -0.39 is 0 Å². The Morgan fingerprint density at radius 3 is 3.12 bits per heavy atom. The van der Waals surface area contributed by atoms with Gasteiger partial charge in [0.25, 0.3) is 0 Å². The smallest absolute Gasteiger partial charge is 0.225 e. The molecule has 2 aromatic rings. The number of nitrogens with one attached hydrogen (secondary N) is 1. The lowest BCUT2D eigenvalue weighted by atomic mass is 10.3. The van der Waals surface area contributed by atoms with E-state index in [1.165, 1.54) is 11.3 Å². The first kappa shape index (κ1) is 12.1. The predicted molar refractivity (Wildman–Crippen MR) is 69.3 cm³/mol. The Kier molecular flexibility index (Phi) is 3.75. The minimum absolute atomic E-state index is 0.220. The average Bonchev–Trinajstić information content (AvgIpc) is 2.71. The number of thiophene rings is 1. The van der Waals surface area contributed by atoms with Crippen LogP contribution in [0.15, 0.2) is 11.4 Å². The van der Waals surface area contributed by atoms with Crippen LogP contribution in [-0.4, -0.2) is 22.4 Å². The van der Waals surface area contributed by atoms with Crippen molar-refractivity contribution in [3.05, 3.63) is 16.7 Å². The van der Waals surface area contributed by atoms with Crippen LogP contribution in [0.2, 0.25) is 5.28 Å². The fourth-order valence-corrected chi connectivity index (χ4v) is 2.42. The maximum atomic E-state index is 10.6. The lowest BCUT2D eigenvalue weighted by Gasteiger charge is -2.05. The van der Waals surface area contributed by atoms with Crippen LogP contribution in [0.25, 0.3) is 10.2 Å². The number of nitrogens with two attached hydrogens (primary N) is 1. The first-order chi connectivity index (χ1) is 8.16. The first-order valence-electron chi connectivity index (χ1n) is 5.10. The van der Waals surface area contributed by atoms with Crippen molar-refractivity contribution in [2.75, 3.05) is 11.9 Å². The molecule has 7 heteroatoms. The highest BCUT2D eigenvalue weighted by atomic mass is 35.5. The number of hydrogen-bond acceptors (Lipinski definition) is 5. The van der Waals surface area contributed by atoms with E-state index in [0.717, 1.165) is 10.2 Å². The number of halogens is 1. The van der Waals surface area contributed by atoms with Gasteiger partial charge < -0.3 is 11.1 Å². The zero-order chi connectivity index (χ0) is 12.3. The Morgan fingerprint density at radius 1 is 1.53 bits per heavy atom. The highest BCUT2D eigenvalue weighted by Gasteiger charge is 2.07. The molecule has 90 valence electrons. The zero-order valence-electron chi connectivity index (χ0n) is 8.94. The summed E-state index contributed by atoms with van der Waals surface area (Å²) in [6.07, 6.45) is 1.03. The van der Waals surface area contributed by atoms with Crippen LogP contribution in [0.5, 0.6) is 0 Å². The van der Waals surface area contributed by atoms with Gasteiger partial charge in [-0.1, -0.05) is 0 Å². The first-order valence-corrected chi connectivity index (χ1v) is 6.35. The van der Waals surface area contributed by atoms with Gasteiger partial charge in [-0.2, -0.15) is 0 Å². The van der Waals surface area contributed by atoms with E-state index in [1.807, 2.05) is 11.4 Å². The number of hydrogen-bond donors (Lipinski definition) is 2. The standard InChI is InChI=1S/C10H11ClN4OS/c11-10-14-8(13-4-1-2-7(12)16)6-3-5-17-9(6)15-10/h3,5H,1-2,4H2,(H2,12,16)(H,13,14,15). The Morgan fingerprint density at radius 2 is 2.35 bits per heavy atom. The third-order valence-corrected chi connectivity index (χ3v) is 3.17. The summed E-state index contributed by atoms with van der Waals surface area (Å²) in [6.45, 7) is 0.626. The van der Waals surface area contributed by atoms with Crippen LogP contribution in [-0.2, 0) is 4.79 Å². The van der Waals surface area contributed by atoms with Crippen molar-refractivity contribution in [1.29, 1.82) is 0 Å². The van der Waals surface area contributed by atoms with Crippen LogP contribution in [0.4, 0.5) is 5.82 Å². The van der Waals surface area contributed by atoms with Gasteiger partial charge in [-0.15, -0.1) is 11.3 Å². The summed E-state index contributed by atoms with van der Waals surface area (Å²) in [4.78, 5) is 19.7. The van der Waals surface area contributed by atoms with Gasteiger partial charge in [0.05, 0.1) is 5.39 Å². The van der Waals surface area contributed by atoms with Crippen LogP contribution in [0.1, 0.15) is 12.8 Å². The monoisotopic (exact) mass is 270 g/mol. The molecule has 0 spiro atoms. The lowest BCUT2D eigenvalue weighted by Crippen LogP contribution is -2.13. The molecule has 0 unspecified atom stereocenters. The summed E-state index contributed by atoms with van der Waals surface area (Å²) in [7, 11) is 0. The van der Waals surface area contributed by atoms with Crippen LogP contribution < -0.4 is 11.1 Å². The zero-order valence-corrected chi connectivity index (χ0v) is 10.5. The summed E-state index contributed by atoms with van der Waals surface area (Å²) in [6, 6.07) is 1.94. The third-order valence-electron chi connectivity index (χ3n) is 2.19. The van der Waals surface area contributed by atoms with Crippen LogP contribution >= 0.6 is 22.9 Å². The fraction of sp³-hybridized carbons (Fsp3) is 0.300. The number of anilines is 1. The molecule has 3 N–H and O–H groups in total. The van der Waals surface area contributed by atoms with Gasteiger partial charge in [0.15, 0.2) is 0 Å². The van der Waals surface area contributed by atoms with E-state index in [-0.39, 0.29) is 11.2 Å². The molecule has 0 atom stereocenters. The van der Waals surface area contributed by atoms with E-state index >= 15 is 0 Å². The topological polar surface area (TPSA) is 80.9 Å². The second-order valence-electron chi connectivity index (χ2n) is 3.48. The molecule has 0 bridgehead atoms. The summed E-state index contributed by atoms with van der Waals surface area (Å²) in [5.41, 5.74) is 5.06. The summed E-state index contributed by atoms with van der Waals surface area (Å²) >= 11 is 7.32. The van der Waals surface area contributed by atoms with Gasteiger partial charge in [0, 0.05) is 13.0 Å². The van der Waals surface area contributed by atoms with Crippen molar-refractivity contribution in [2.24, 2.45) is 5.73 Å². The third kappa shape index (κ3) is 3.04. The molecule has 0 saturated heterocycles. The number of fused-ring (bicyclic) bond motifs is 1. The molecule has 2 aromatic heterocycles. The molecule has 0 aliphatic rings. The van der Waals surface area contributed by atoms with Crippen molar-refractivity contribution in [2.45, 2.75) is 12.8 Å². The number of rotatable bonds is 5. The Labute approximate surface area is 107 Å². The molecule has 0 aliphatic carbocycles. The van der Waals surface area contributed by atoms with Crippen molar-refractivity contribution >= 4 is 44.9 Å². The maximum absolute atomic E-state index is 10.6.